The number of nitrogens with one attached hydrogen (secondary N) is 2. The highest BCUT2D eigenvalue weighted by atomic mass is 79.9. The minimum absolute atomic E-state index is 0.925. The Bertz CT molecular complexity index is 1740. The summed E-state index contributed by atoms with van der Waals surface area (Å²) < 4.78 is 0. The molecule has 0 saturated carbocycles. The predicted molar refractivity (Wildman–Crippen MR) is 182 cm³/mol. The Morgan fingerprint density at radius 1 is 0.512 bits per heavy atom. The zero-order valence-electron chi connectivity index (χ0n) is 25.7. The summed E-state index contributed by atoms with van der Waals surface area (Å²) in [6, 6.07) is 9.13. The van der Waals surface area contributed by atoms with Gasteiger partial charge in [0.15, 0.2) is 0 Å². The summed E-state index contributed by atoms with van der Waals surface area (Å²) in [6.07, 6.45) is 8.84. The highest BCUT2D eigenvalue weighted by Crippen LogP contribution is 2.39. The fraction of sp³-hybridized carbons (Fsp3) is 0.389. The summed E-state index contributed by atoms with van der Waals surface area (Å²) in [5.41, 5.74) is 19.5. The van der Waals surface area contributed by atoms with Gasteiger partial charge >= 0.3 is 0 Å². The lowest BCUT2D eigenvalue weighted by Gasteiger charge is -2.04. The van der Waals surface area contributed by atoms with Gasteiger partial charge in [0.05, 0.1) is 22.8 Å². The van der Waals surface area contributed by atoms with E-state index in [1.54, 1.807) is 0 Å². The lowest BCUT2D eigenvalue weighted by atomic mass is 9.97. The van der Waals surface area contributed by atoms with Crippen LogP contribution in [0.15, 0.2) is 29.3 Å². The first kappa shape index (κ1) is 29.3. The smallest absolute Gasteiger partial charge is 0.0694 e. The summed E-state index contributed by atoms with van der Waals surface area (Å²) >= 11 is 3.56. The Morgan fingerprint density at radius 2 is 0.902 bits per heavy atom. The maximum atomic E-state index is 5.28. The van der Waals surface area contributed by atoms with Crippen LogP contribution in [0.3, 0.4) is 0 Å². The Hall–Kier alpha value is -3.18. The molecule has 5 rings (SSSR count). The van der Waals surface area contributed by atoms with E-state index in [1.807, 2.05) is 4.99 Å². The van der Waals surface area contributed by atoms with Crippen molar-refractivity contribution in [2.45, 2.75) is 93.4 Å². The van der Waals surface area contributed by atoms with Crippen LogP contribution >= 0.6 is 15.9 Å². The first-order chi connectivity index (χ1) is 20.0. The lowest BCUT2D eigenvalue weighted by Crippen LogP contribution is -1.86. The number of aromatic amines is 2. The number of H-pyrrole nitrogens is 2. The molecule has 3 aromatic rings. The van der Waals surface area contributed by atoms with Crippen LogP contribution < -0.4 is 0 Å². The molecule has 8 bridgehead atoms. The molecular weight excluding hydrogens is 568 g/mol. The molecule has 2 aliphatic heterocycles. The van der Waals surface area contributed by atoms with Gasteiger partial charge in [0.2, 0.25) is 0 Å². The minimum atomic E-state index is 0.925. The SMILES string of the molecule is CCC1=C(CC)c2cc3[nH]c(cc4[nH]c(cc5nc(cc1n2)C(CC)=C5CC)c(CC)c4CC)c(/C=C/Br)c3CC. The van der Waals surface area contributed by atoms with Crippen molar-refractivity contribution >= 4 is 66.4 Å². The summed E-state index contributed by atoms with van der Waals surface area (Å²) in [5, 5.41) is 0. The highest BCUT2D eigenvalue weighted by Gasteiger charge is 2.22. The topological polar surface area (TPSA) is 57.4 Å². The number of allylic oxidation sites excluding steroid dienone is 4. The van der Waals surface area contributed by atoms with Gasteiger partial charge in [-0.15, -0.1) is 0 Å². The summed E-state index contributed by atoms with van der Waals surface area (Å²) in [7, 11) is 0. The molecule has 4 nitrogen and oxygen atoms in total. The van der Waals surface area contributed by atoms with Crippen LogP contribution in [-0.4, -0.2) is 19.9 Å². The zero-order valence-corrected chi connectivity index (χ0v) is 27.3. The van der Waals surface area contributed by atoms with Gasteiger partial charge < -0.3 is 9.97 Å². The van der Waals surface area contributed by atoms with Gasteiger partial charge in [-0.2, -0.15) is 0 Å². The Morgan fingerprint density at radius 3 is 1.32 bits per heavy atom. The molecule has 0 fully saturated rings. The zero-order chi connectivity index (χ0) is 29.3. The molecule has 0 radical (unpaired) electrons. The molecule has 2 aliphatic rings. The second-order valence-corrected chi connectivity index (χ2v) is 11.3. The number of hydrogen-bond acceptors (Lipinski definition) is 2. The fourth-order valence-corrected chi connectivity index (χ4v) is 7.16. The van der Waals surface area contributed by atoms with E-state index in [0.29, 0.717) is 0 Å². The number of rotatable bonds is 8. The third kappa shape index (κ3) is 5.07. The Kier molecular flexibility index (Phi) is 8.84. The van der Waals surface area contributed by atoms with Crippen LogP contribution in [0.5, 0.6) is 0 Å². The molecule has 0 atom stereocenters. The van der Waals surface area contributed by atoms with E-state index in [9.17, 15) is 0 Å². The highest BCUT2D eigenvalue weighted by molar-refractivity contribution is 9.11. The maximum absolute atomic E-state index is 5.28. The molecule has 5 heterocycles. The number of fused-ring (bicyclic) bond motifs is 8. The third-order valence-corrected chi connectivity index (χ3v) is 9.03. The first-order valence-electron chi connectivity index (χ1n) is 15.5. The minimum Gasteiger partial charge on any atom is -0.355 e. The van der Waals surface area contributed by atoms with Crippen molar-refractivity contribution in [2.75, 3.05) is 0 Å². The molecule has 0 amide bonds. The lowest BCUT2D eigenvalue weighted by molar-refractivity contribution is 1.07. The van der Waals surface area contributed by atoms with Crippen LogP contribution in [0.1, 0.15) is 119 Å². The molecule has 0 unspecified atom stereocenters. The van der Waals surface area contributed by atoms with Crippen molar-refractivity contribution in [3.63, 3.8) is 0 Å². The Balaban J connectivity index is 2.04. The van der Waals surface area contributed by atoms with E-state index >= 15 is 0 Å². The number of halogens is 1. The summed E-state index contributed by atoms with van der Waals surface area (Å²) in [4.78, 5) is 20.1. The van der Waals surface area contributed by atoms with Gasteiger partial charge in [-0.05, 0) is 119 Å². The van der Waals surface area contributed by atoms with Crippen LogP contribution in [0.2, 0.25) is 0 Å². The van der Waals surface area contributed by atoms with Crippen LogP contribution in [0, 0.1) is 0 Å². The van der Waals surface area contributed by atoms with E-state index < -0.39 is 0 Å². The van der Waals surface area contributed by atoms with Crippen LogP contribution in [0.25, 0.3) is 50.4 Å². The van der Waals surface area contributed by atoms with Crippen molar-refractivity contribution in [3.05, 3.63) is 74.3 Å². The van der Waals surface area contributed by atoms with Gasteiger partial charge in [-0.3, -0.25) is 0 Å². The van der Waals surface area contributed by atoms with Gasteiger partial charge in [-0.25, -0.2) is 9.97 Å². The molecule has 3 aromatic heterocycles. The standard InChI is InChI=1S/C36H43BrN4/c1-8-21-22(9-2)30-18-32-25(12-5)26(13-6)34(40-32)20-36-28(15-16-37)27(14-7)35(41-36)19-33-24(11-4)23(10-3)31(39-33)17-29(21)38-30/h15-20,40-41H,8-14H2,1-7H3/b16-15+,29-17?,30-18?,31-17?,32-18?,33-19?,34-20?,35-19?,36-20?. The molecule has 41 heavy (non-hydrogen) atoms. The van der Waals surface area contributed by atoms with E-state index in [2.05, 4.69) is 105 Å². The Labute approximate surface area is 253 Å². The molecule has 0 saturated heterocycles. The van der Waals surface area contributed by atoms with E-state index in [-0.39, 0.29) is 0 Å². The number of aryl methyl sites for hydroxylation is 3. The summed E-state index contributed by atoms with van der Waals surface area (Å²) in [6.45, 7) is 15.7. The van der Waals surface area contributed by atoms with Gasteiger partial charge in [0.25, 0.3) is 0 Å². The van der Waals surface area contributed by atoms with Crippen molar-refractivity contribution in [2.24, 2.45) is 0 Å². The van der Waals surface area contributed by atoms with E-state index in [0.717, 1.165) is 78.8 Å². The van der Waals surface area contributed by atoms with Gasteiger partial charge in [0, 0.05) is 27.6 Å². The van der Waals surface area contributed by atoms with Crippen molar-refractivity contribution in [1.29, 1.82) is 0 Å². The molecule has 5 heteroatoms. The number of hydrogen-bond donors (Lipinski definition) is 2. The second-order valence-electron chi connectivity index (χ2n) is 10.8. The predicted octanol–water partition coefficient (Wildman–Crippen LogP) is 10.8. The third-order valence-electron chi connectivity index (χ3n) is 8.77. The summed E-state index contributed by atoms with van der Waals surface area (Å²) in [5.74, 6) is 0. The monoisotopic (exact) mass is 610 g/mol. The quantitative estimate of drug-likeness (QED) is 0.266. The second kappa shape index (κ2) is 12.4. The van der Waals surface area contributed by atoms with Crippen LogP contribution in [-0.2, 0) is 19.3 Å². The van der Waals surface area contributed by atoms with Gasteiger partial charge in [0.1, 0.15) is 0 Å². The van der Waals surface area contributed by atoms with Crippen molar-refractivity contribution in [1.82, 2.24) is 19.9 Å². The maximum Gasteiger partial charge on any atom is 0.0694 e. The fourth-order valence-electron chi connectivity index (χ4n) is 6.89. The van der Waals surface area contributed by atoms with E-state index in [1.165, 1.54) is 55.6 Å². The average Bonchev–Trinajstić information content (AvgIpc) is 3.68. The molecular formula is C36H43BrN4. The molecule has 0 aromatic carbocycles. The number of nitrogens with zero attached hydrogens (tertiary/aromatic N) is 2. The first-order valence-corrected chi connectivity index (χ1v) is 16.4. The molecule has 0 aliphatic carbocycles. The largest absolute Gasteiger partial charge is 0.355 e. The number of aromatic nitrogens is 4. The normalized spacial score (nSPS) is 13.8. The van der Waals surface area contributed by atoms with Crippen molar-refractivity contribution in [3.8, 4) is 0 Å². The van der Waals surface area contributed by atoms with Crippen molar-refractivity contribution < 1.29 is 0 Å². The van der Waals surface area contributed by atoms with E-state index in [4.69, 9.17) is 9.97 Å². The molecule has 214 valence electrons. The van der Waals surface area contributed by atoms with Crippen LogP contribution in [0.4, 0.5) is 0 Å². The molecule has 2 N–H and O–H groups in total. The van der Waals surface area contributed by atoms with Gasteiger partial charge in [-0.1, -0.05) is 64.4 Å². The molecule has 0 spiro atoms. The average molecular weight is 612 g/mol.